The maximum Gasteiger partial charge on any atom is 0.128 e. The first-order valence-electron chi connectivity index (χ1n) is 6.61. The number of nitrogens with two attached hydrogens (primary N) is 1. The van der Waals surface area contributed by atoms with Crippen LogP contribution in [0.25, 0.3) is 0 Å². The molecule has 0 fully saturated rings. The van der Waals surface area contributed by atoms with Crippen molar-refractivity contribution in [3.63, 3.8) is 0 Å². The zero-order chi connectivity index (χ0) is 13.8. The Hall–Kier alpha value is -1.87. The van der Waals surface area contributed by atoms with Crippen LogP contribution in [0.5, 0.6) is 0 Å². The SMILES string of the molecule is CCN(C)c1cc(C)c(C(N)c2ccccc2)cn1. The molecule has 1 heterocycles. The molecule has 1 atom stereocenters. The van der Waals surface area contributed by atoms with Crippen molar-refractivity contribution in [1.29, 1.82) is 0 Å². The van der Waals surface area contributed by atoms with Crippen LogP contribution in [0.4, 0.5) is 5.82 Å². The maximum atomic E-state index is 6.32. The highest BCUT2D eigenvalue weighted by Crippen LogP contribution is 2.24. The van der Waals surface area contributed by atoms with Crippen LogP contribution in [-0.2, 0) is 0 Å². The maximum absolute atomic E-state index is 6.32. The topological polar surface area (TPSA) is 42.1 Å². The molecule has 2 N–H and O–H groups in total. The van der Waals surface area contributed by atoms with E-state index in [2.05, 4.69) is 41.9 Å². The first kappa shape index (κ1) is 13.6. The van der Waals surface area contributed by atoms with Gasteiger partial charge in [-0.15, -0.1) is 0 Å². The summed E-state index contributed by atoms with van der Waals surface area (Å²) in [5, 5.41) is 0. The van der Waals surface area contributed by atoms with Crippen molar-refractivity contribution in [3.05, 3.63) is 59.3 Å². The minimum absolute atomic E-state index is 0.116. The van der Waals surface area contributed by atoms with Gasteiger partial charge in [0.05, 0.1) is 6.04 Å². The third-order valence-electron chi connectivity index (χ3n) is 3.50. The molecule has 0 radical (unpaired) electrons. The van der Waals surface area contributed by atoms with Gasteiger partial charge in [-0.05, 0) is 36.6 Å². The van der Waals surface area contributed by atoms with Crippen LogP contribution in [0.1, 0.15) is 29.7 Å². The van der Waals surface area contributed by atoms with Gasteiger partial charge in [-0.25, -0.2) is 4.98 Å². The molecular weight excluding hydrogens is 234 g/mol. The van der Waals surface area contributed by atoms with E-state index in [4.69, 9.17) is 5.73 Å². The molecular formula is C16H21N3. The number of anilines is 1. The number of pyridine rings is 1. The zero-order valence-electron chi connectivity index (χ0n) is 11.8. The monoisotopic (exact) mass is 255 g/mol. The molecule has 2 rings (SSSR count). The largest absolute Gasteiger partial charge is 0.360 e. The van der Waals surface area contributed by atoms with Gasteiger partial charge >= 0.3 is 0 Å². The standard InChI is InChI=1S/C16H21N3/c1-4-19(3)15-10-12(2)14(11-18-15)16(17)13-8-6-5-7-9-13/h5-11,16H,4,17H2,1-3H3. The predicted octanol–water partition coefficient (Wildman–Crippen LogP) is 2.89. The smallest absolute Gasteiger partial charge is 0.128 e. The lowest BCUT2D eigenvalue weighted by Gasteiger charge is -2.19. The normalized spacial score (nSPS) is 12.2. The van der Waals surface area contributed by atoms with Crippen LogP contribution in [0.15, 0.2) is 42.6 Å². The van der Waals surface area contributed by atoms with E-state index in [0.717, 1.165) is 23.5 Å². The van der Waals surface area contributed by atoms with Crippen LogP contribution < -0.4 is 10.6 Å². The molecule has 0 bridgehead atoms. The van der Waals surface area contributed by atoms with Gasteiger partial charge in [0.2, 0.25) is 0 Å². The van der Waals surface area contributed by atoms with Crippen molar-refractivity contribution < 1.29 is 0 Å². The number of aromatic nitrogens is 1. The van der Waals surface area contributed by atoms with Gasteiger partial charge < -0.3 is 10.6 Å². The van der Waals surface area contributed by atoms with E-state index in [0.29, 0.717) is 0 Å². The minimum Gasteiger partial charge on any atom is -0.360 e. The van der Waals surface area contributed by atoms with E-state index in [1.54, 1.807) is 0 Å². The summed E-state index contributed by atoms with van der Waals surface area (Å²) in [6.45, 7) is 5.14. The van der Waals surface area contributed by atoms with Crippen LogP contribution in [0, 0.1) is 6.92 Å². The third-order valence-corrected chi connectivity index (χ3v) is 3.50. The molecule has 19 heavy (non-hydrogen) atoms. The lowest BCUT2D eigenvalue weighted by Crippen LogP contribution is -2.19. The number of benzene rings is 1. The Kier molecular flexibility index (Phi) is 4.17. The Labute approximate surface area is 115 Å². The quantitative estimate of drug-likeness (QED) is 0.913. The van der Waals surface area contributed by atoms with Gasteiger partial charge in [-0.3, -0.25) is 0 Å². The van der Waals surface area contributed by atoms with Crippen LogP contribution in [0.3, 0.4) is 0 Å². The van der Waals surface area contributed by atoms with Crippen LogP contribution in [0.2, 0.25) is 0 Å². The van der Waals surface area contributed by atoms with E-state index in [-0.39, 0.29) is 6.04 Å². The Morgan fingerprint density at radius 2 is 1.95 bits per heavy atom. The molecule has 1 aromatic carbocycles. The first-order chi connectivity index (χ1) is 9.13. The van der Waals surface area contributed by atoms with Crippen molar-refractivity contribution in [2.45, 2.75) is 19.9 Å². The average Bonchev–Trinajstić information content (AvgIpc) is 2.46. The number of rotatable bonds is 4. The molecule has 2 aromatic rings. The minimum atomic E-state index is -0.116. The van der Waals surface area contributed by atoms with Crippen molar-refractivity contribution >= 4 is 5.82 Å². The van der Waals surface area contributed by atoms with Gasteiger partial charge in [0.15, 0.2) is 0 Å². The average molecular weight is 255 g/mol. The lowest BCUT2D eigenvalue weighted by atomic mass is 9.97. The summed E-state index contributed by atoms with van der Waals surface area (Å²) in [5.74, 6) is 0.990. The van der Waals surface area contributed by atoms with Gasteiger partial charge in [-0.1, -0.05) is 30.3 Å². The molecule has 1 unspecified atom stereocenters. The zero-order valence-corrected chi connectivity index (χ0v) is 11.8. The van der Waals surface area contributed by atoms with Gasteiger partial charge in [-0.2, -0.15) is 0 Å². The third kappa shape index (κ3) is 2.93. The van der Waals surface area contributed by atoms with Gasteiger partial charge in [0, 0.05) is 19.8 Å². The van der Waals surface area contributed by atoms with Crippen molar-refractivity contribution in [3.8, 4) is 0 Å². The second kappa shape index (κ2) is 5.85. The summed E-state index contributed by atoms with van der Waals surface area (Å²) < 4.78 is 0. The van der Waals surface area contributed by atoms with Crippen molar-refractivity contribution in [2.75, 3.05) is 18.5 Å². The van der Waals surface area contributed by atoms with Crippen LogP contribution in [-0.4, -0.2) is 18.6 Å². The second-order valence-electron chi connectivity index (χ2n) is 4.80. The predicted molar refractivity (Wildman–Crippen MR) is 80.4 cm³/mol. The molecule has 0 saturated carbocycles. The highest BCUT2D eigenvalue weighted by atomic mass is 15.1. The lowest BCUT2D eigenvalue weighted by molar-refractivity contribution is 0.846. The molecule has 0 amide bonds. The van der Waals surface area contributed by atoms with E-state index in [1.807, 2.05) is 31.4 Å². The Morgan fingerprint density at radius 3 is 2.53 bits per heavy atom. The molecule has 100 valence electrons. The summed E-state index contributed by atoms with van der Waals surface area (Å²) in [6.07, 6.45) is 1.90. The van der Waals surface area contributed by atoms with Crippen LogP contribution >= 0.6 is 0 Å². The number of hydrogen-bond donors (Lipinski definition) is 1. The number of nitrogens with zero attached hydrogens (tertiary/aromatic N) is 2. The Morgan fingerprint density at radius 1 is 1.26 bits per heavy atom. The van der Waals surface area contributed by atoms with Gasteiger partial charge in [0.1, 0.15) is 5.82 Å². The van der Waals surface area contributed by atoms with E-state index in [1.165, 1.54) is 5.56 Å². The van der Waals surface area contributed by atoms with E-state index in [9.17, 15) is 0 Å². The highest BCUT2D eigenvalue weighted by Gasteiger charge is 2.13. The fourth-order valence-electron chi connectivity index (χ4n) is 2.09. The summed E-state index contributed by atoms with van der Waals surface area (Å²) in [6, 6.07) is 12.1. The van der Waals surface area contributed by atoms with Crippen molar-refractivity contribution in [1.82, 2.24) is 4.98 Å². The molecule has 0 aliphatic rings. The molecule has 0 aliphatic heterocycles. The second-order valence-corrected chi connectivity index (χ2v) is 4.80. The summed E-state index contributed by atoms with van der Waals surface area (Å²) in [7, 11) is 2.04. The van der Waals surface area contributed by atoms with E-state index < -0.39 is 0 Å². The Bertz CT molecular complexity index is 537. The molecule has 3 nitrogen and oxygen atoms in total. The molecule has 0 saturated heterocycles. The van der Waals surface area contributed by atoms with Gasteiger partial charge in [0.25, 0.3) is 0 Å². The molecule has 1 aromatic heterocycles. The Balaban J connectivity index is 2.31. The number of hydrogen-bond acceptors (Lipinski definition) is 3. The highest BCUT2D eigenvalue weighted by molar-refractivity contribution is 5.45. The summed E-state index contributed by atoms with van der Waals surface area (Å²) in [4.78, 5) is 6.62. The molecule has 0 spiro atoms. The van der Waals surface area contributed by atoms with E-state index >= 15 is 0 Å². The summed E-state index contributed by atoms with van der Waals surface area (Å²) >= 11 is 0. The molecule has 3 heteroatoms. The number of aryl methyl sites for hydroxylation is 1. The van der Waals surface area contributed by atoms with Crippen molar-refractivity contribution in [2.24, 2.45) is 5.73 Å². The fraction of sp³-hybridized carbons (Fsp3) is 0.312. The summed E-state index contributed by atoms with van der Waals surface area (Å²) in [5.41, 5.74) is 9.70. The first-order valence-corrected chi connectivity index (χ1v) is 6.61. The fourth-order valence-corrected chi connectivity index (χ4v) is 2.09. The molecule has 0 aliphatic carbocycles.